The van der Waals surface area contributed by atoms with Crippen LogP contribution >= 0.6 is 0 Å². The summed E-state index contributed by atoms with van der Waals surface area (Å²) < 4.78 is 0. The van der Waals surface area contributed by atoms with Crippen LogP contribution in [0.1, 0.15) is 29.8 Å². The number of hydrogen-bond acceptors (Lipinski definition) is 7. The van der Waals surface area contributed by atoms with Crippen molar-refractivity contribution in [2.45, 2.75) is 19.3 Å². The van der Waals surface area contributed by atoms with Crippen molar-refractivity contribution in [3.63, 3.8) is 0 Å². The average Bonchev–Trinajstić information content (AvgIpc) is 3.12. The summed E-state index contributed by atoms with van der Waals surface area (Å²) >= 11 is 0. The summed E-state index contributed by atoms with van der Waals surface area (Å²) in [7, 11) is 0. The SMILES string of the molecule is O=C(Nc1ncnc2nc[nH]c12)c1ccc(N2CCCCC2)nn1. The third-order valence-corrected chi connectivity index (χ3v) is 4.02. The van der Waals surface area contributed by atoms with E-state index in [9.17, 15) is 4.79 Å². The van der Waals surface area contributed by atoms with E-state index in [0.29, 0.717) is 17.0 Å². The van der Waals surface area contributed by atoms with Crippen molar-refractivity contribution in [1.29, 1.82) is 0 Å². The largest absolute Gasteiger partial charge is 0.355 e. The molecule has 24 heavy (non-hydrogen) atoms. The smallest absolute Gasteiger partial charge is 0.277 e. The van der Waals surface area contributed by atoms with Crippen molar-refractivity contribution in [2.24, 2.45) is 0 Å². The number of nitrogens with one attached hydrogen (secondary N) is 2. The molecular formula is C15H16N8O. The van der Waals surface area contributed by atoms with Crippen LogP contribution in [0, 0.1) is 0 Å². The Labute approximate surface area is 137 Å². The number of fused-ring (bicyclic) bond motifs is 1. The van der Waals surface area contributed by atoms with Gasteiger partial charge in [0.25, 0.3) is 5.91 Å². The van der Waals surface area contributed by atoms with E-state index in [1.165, 1.54) is 19.1 Å². The van der Waals surface area contributed by atoms with Crippen LogP contribution in [-0.2, 0) is 0 Å². The first-order valence-corrected chi connectivity index (χ1v) is 7.85. The topological polar surface area (TPSA) is 113 Å². The van der Waals surface area contributed by atoms with Crippen molar-refractivity contribution in [3.8, 4) is 0 Å². The molecule has 2 N–H and O–H groups in total. The molecule has 4 heterocycles. The van der Waals surface area contributed by atoms with E-state index in [1.54, 1.807) is 6.07 Å². The Hall–Kier alpha value is -3.10. The lowest BCUT2D eigenvalue weighted by atomic mass is 10.1. The van der Waals surface area contributed by atoms with Crippen LogP contribution in [0.25, 0.3) is 11.2 Å². The number of amides is 1. The van der Waals surface area contributed by atoms with Crippen molar-refractivity contribution in [2.75, 3.05) is 23.3 Å². The Morgan fingerprint density at radius 1 is 1.08 bits per heavy atom. The highest BCUT2D eigenvalue weighted by atomic mass is 16.2. The Kier molecular flexibility index (Phi) is 3.73. The van der Waals surface area contributed by atoms with Crippen LogP contribution in [0.5, 0.6) is 0 Å². The third-order valence-electron chi connectivity index (χ3n) is 4.02. The minimum absolute atomic E-state index is 0.238. The summed E-state index contributed by atoms with van der Waals surface area (Å²) in [5, 5.41) is 10.9. The molecule has 0 aromatic carbocycles. The molecule has 1 aliphatic rings. The number of rotatable bonds is 3. The standard InChI is InChI=1S/C15H16N8O/c24-15(20-14-12-13(17-8-16-12)18-9-19-14)10-4-5-11(22-21-10)23-6-2-1-3-7-23/h4-5,8-9H,1-3,6-7H2,(H2,16,17,18,19,20,24). The Balaban J connectivity index is 1.51. The molecule has 9 heteroatoms. The summed E-state index contributed by atoms with van der Waals surface area (Å²) in [4.78, 5) is 29.5. The predicted octanol–water partition coefficient (Wildman–Crippen LogP) is 1.39. The minimum atomic E-state index is -0.373. The molecule has 1 fully saturated rings. The quantitative estimate of drug-likeness (QED) is 0.748. The monoisotopic (exact) mass is 324 g/mol. The maximum absolute atomic E-state index is 12.3. The van der Waals surface area contributed by atoms with Crippen molar-refractivity contribution in [3.05, 3.63) is 30.5 Å². The number of piperidine rings is 1. The number of aromatic amines is 1. The summed E-state index contributed by atoms with van der Waals surface area (Å²) in [6.07, 6.45) is 6.44. The molecule has 0 bridgehead atoms. The van der Waals surface area contributed by atoms with E-state index in [4.69, 9.17) is 0 Å². The molecule has 1 aliphatic heterocycles. The van der Waals surface area contributed by atoms with Gasteiger partial charge in [0, 0.05) is 13.1 Å². The zero-order chi connectivity index (χ0) is 16.4. The maximum Gasteiger partial charge on any atom is 0.277 e. The van der Waals surface area contributed by atoms with Crippen LogP contribution in [0.3, 0.4) is 0 Å². The van der Waals surface area contributed by atoms with Crippen LogP contribution < -0.4 is 10.2 Å². The van der Waals surface area contributed by atoms with Gasteiger partial charge in [0.1, 0.15) is 11.8 Å². The molecule has 4 rings (SSSR count). The summed E-state index contributed by atoms with van der Waals surface area (Å²) in [6, 6.07) is 3.51. The van der Waals surface area contributed by atoms with Crippen LogP contribution in [0.15, 0.2) is 24.8 Å². The van der Waals surface area contributed by atoms with E-state index < -0.39 is 0 Å². The molecule has 0 aliphatic carbocycles. The van der Waals surface area contributed by atoms with Gasteiger partial charge in [-0.25, -0.2) is 15.0 Å². The second-order valence-corrected chi connectivity index (χ2v) is 5.60. The van der Waals surface area contributed by atoms with Gasteiger partial charge < -0.3 is 15.2 Å². The van der Waals surface area contributed by atoms with E-state index >= 15 is 0 Å². The molecule has 1 amide bonds. The highest BCUT2D eigenvalue weighted by Gasteiger charge is 2.16. The molecular weight excluding hydrogens is 308 g/mol. The van der Waals surface area contributed by atoms with Crippen molar-refractivity contribution < 1.29 is 4.79 Å². The Bertz CT molecular complexity index is 853. The minimum Gasteiger partial charge on any atom is -0.355 e. The number of carbonyl (C=O) groups excluding carboxylic acids is 1. The number of nitrogens with zero attached hydrogens (tertiary/aromatic N) is 6. The van der Waals surface area contributed by atoms with Gasteiger partial charge in [-0.15, -0.1) is 10.2 Å². The fraction of sp³-hybridized carbons (Fsp3) is 0.333. The number of imidazole rings is 1. The van der Waals surface area contributed by atoms with Gasteiger partial charge in [0.2, 0.25) is 0 Å². The highest BCUT2D eigenvalue weighted by Crippen LogP contribution is 2.18. The van der Waals surface area contributed by atoms with Gasteiger partial charge in [-0.2, -0.15) is 0 Å². The molecule has 1 saturated heterocycles. The van der Waals surface area contributed by atoms with Gasteiger partial charge in [-0.3, -0.25) is 4.79 Å². The molecule has 9 nitrogen and oxygen atoms in total. The Morgan fingerprint density at radius 2 is 1.96 bits per heavy atom. The summed E-state index contributed by atoms with van der Waals surface area (Å²) in [6.45, 7) is 1.97. The fourth-order valence-corrected chi connectivity index (χ4v) is 2.77. The van der Waals surface area contributed by atoms with E-state index in [-0.39, 0.29) is 11.6 Å². The van der Waals surface area contributed by atoms with Crippen molar-refractivity contribution in [1.82, 2.24) is 30.1 Å². The molecule has 0 atom stereocenters. The predicted molar refractivity (Wildman–Crippen MR) is 87.7 cm³/mol. The fourth-order valence-electron chi connectivity index (χ4n) is 2.77. The lowest BCUT2D eigenvalue weighted by Gasteiger charge is -2.27. The number of H-pyrrole nitrogens is 1. The Morgan fingerprint density at radius 3 is 2.75 bits per heavy atom. The van der Waals surface area contributed by atoms with E-state index in [0.717, 1.165) is 31.7 Å². The van der Waals surface area contributed by atoms with Gasteiger partial charge in [0.15, 0.2) is 23.0 Å². The highest BCUT2D eigenvalue weighted by molar-refractivity contribution is 6.05. The second kappa shape index (κ2) is 6.19. The van der Waals surface area contributed by atoms with Gasteiger partial charge >= 0.3 is 0 Å². The summed E-state index contributed by atoms with van der Waals surface area (Å²) in [5.74, 6) is 0.802. The second-order valence-electron chi connectivity index (χ2n) is 5.60. The molecule has 0 unspecified atom stereocenters. The van der Waals surface area contributed by atoms with E-state index in [1.807, 2.05) is 6.07 Å². The van der Waals surface area contributed by atoms with E-state index in [2.05, 4.69) is 40.3 Å². The zero-order valence-corrected chi connectivity index (χ0v) is 12.9. The number of hydrogen-bond donors (Lipinski definition) is 2. The third kappa shape index (κ3) is 2.75. The average molecular weight is 324 g/mol. The first kappa shape index (κ1) is 14.5. The first-order valence-electron chi connectivity index (χ1n) is 7.85. The molecule has 122 valence electrons. The first-order chi connectivity index (χ1) is 11.8. The van der Waals surface area contributed by atoms with Crippen LogP contribution in [0.4, 0.5) is 11.6 Å². The molecule has 0 spiro atoms. The number of carbonyl (C=O) groups is 1. The summed E-state index contributed by atoms with van der Waals surface area (Å²) in [5.41, 5.74) is 1.30. The van der Waals surface area contributed by atoms with Gasteiger partial charge in [0.05, 0.1) is 6.33 Å². The molecule has 0 radical (unpaired) electrons. The van der Waals surface area contributed by atoms with Gasteiger partial charge in [-0.05, 0) is 31.4 Å². The number of anilines is 2. The normalized spacial score (nSPS) is 14.8. The molecule has 0 saturated carbocycles. The van der Waals surface area contributed by atoms with Crippen molar-refractivity contribution >= 4 is 28.7 Å². The molecule has 3 aromatic heterocycles. The van der Waals surface area contributed by atoms with Gasteiger partial charge in [-0.1, -0.05) is 0 Å². The molecule has 3 aromatic rings. The van der Waals surface area contributed by atoms with Crippen LogP contribution in [0.2, 0.25) is 0 Å². The lowest BCUT2D eigenvalue weighted by molar-refractivity contribution is 0.102. The maximum atomic E-state index is 12.3. The van der Waals surface area contributed by atoms with Crippen LogP contribution in [-0.4, -0.2) is 49.1 Å². The number of aromatic nitrogens is 6. The zero-order valence-electron chi connectivity index (χ0n) is 12.9. The lowest BCUT2D eigenvalue weighted by Crippen LogP contribution is -2.30.